The Kier molecular flexibility index (Phi) is 5.57. The Morgan fingerprint density at radius 3 is 2.30 bits per heavy atom. The Morgan fingerprint density at radius 2 is 1.63 bits per heavy atom. The summed E-state index contributed by atoms with van der Waals surface area (Å²) in [7, 11) is 1.60. The summed E-state index contributed by atoms with van der Waals surface area (Å²) in [6, 6.07) is 27.4. The summed E-state index contributed by atoms with van der Waals surface area (Å²) >= 11 is 0. The van der Waals surface area contributed by atoms with Gasteiger partial charge in [-0.05, 0) is 61.5 Å². The summed E-state index contributed by atoms with van der Waals surface area (Å²) in [5, 5.41) is 4.73. The highest BCUT2D eigenvalue weighted by atomic mass is 16.5. The highest BCUT2D eigenvalue weighted by molar-refractivity contribution is 6.06. The molecule has 1 heterocycles. The molecule has 0 unspecified atom stereocenters. The number of methoxy groups -OCH3 is 1. The Labute approximate surface area is 176 Å². The van der Waals surface area contributed by atoms with Crippen molar-refractivity contribution in [3.05, 3.63) is 108 Å². The summed E-state index contributed by atoms with van der Waals surface area (Å²) in [5.74, 6) is 0.642. The molecule has 0 amide bonds. The Bertz CT molecular complexity index is 1170. The molecule has 4 heteroatoms. The number of rotatable bonds is 6. The van der Waals surface area contributed by atoms with Crippen LogP contribution in [0.4, 0.5) is 0 Å². The minimum absolute atomic E-state index is 0.0798. The number of para-hydroxylation sites is 1. The number of carbonyl (C=O) groups excluding carboxylic acids is 1. The van der Waals surface area contributed by atoms with Gasteiger partial charge in [0, 0.05) is 11.1 Å². The van der Waals surface area contributed by atoms with Gasteiger partial charge in [-0.25, -0.2) is 4.68 Å². The van der Waals surface area contributed by atoms with Gasteiger partial charge in [0.15, 0.2) is 5.78 Å². The minimum Gasteiger partial charge on any atom is -0.497 e. The van der Waals surface area contributed by atoms with Gasteiger partial charge in [-0.2, -0.15) is 5.10 Å². The molecule has 0 atom stereocenters. The van der Waals surface area contributed by atoms with E-state index < -0.39 is 0 Å². The average molecular weight is 394 g/mol. The molecule has 0 bridgehead atoms. The van der Waals surface area contributed by atoms with Gasteiger partial charge >= 0.3 is 0 Å². The fourth-order valence-corrected chi connectivity index (χ4v) is 3.19. The Morgan fingerprint density at radius 1 is 0.933 bits per heavy atom. The number of aromatic nitrogens is 2. The lowest BCUT2D eigenvalue weighted by Gasteiger charge is -2.07. The number of hydrogen-bond acceptors (Lipinski definition) is 3. The van der Waals surface area contributed by atoms with Crippen LogP contribution in [0.25, 0.3) is 23.0 Å². The molecular weight excluding hydrogens is 372 g/mol. The number of ketones is 1. The van der Waals surface area contributed by atoms with Crippen LogP contribution in [-0.4, -0.2) is 22.7 Å². The maximum absolute atomic E-state index is 12.5. The molecule has 4 rings (SSSR count). The number of allylic oxidation sites excluding steroid dienone is 1. The second-order valence-electron chi connectivity index (χ2n) is 6.99. The molecule has 0 aliphatic heterocycles. The number of hydrogen-bond donors (Lipinski definition) is 0. The van der Waals surface area contributed by atoms with E-state index in [0.29, 0.717) is 5.56 Å². The first-order valence-corrected chi connectivity index (χ1v) is 9.73. The third-order valence-electron chi connectivity index (χ3n) is 4.86. The van der Waals surface area contributed by atoms with Crippen LogP contribution in [0.1, 0.15) is 21.6 Å². The maximum Gasteiger partial charge on any atom is 0.185 e. The molecule has 4 aromatic rings. The Balaban J connectivity index is 1.67. The predicted molar refractivity (Wildman–Crippen MR) is 120 cm³/mol. The van der Waals surface area contributed by atoms with Crippen molar-refractivity contribution in [3.63, 3.8) is 0 Å². The van der Waals surface area contributed by atoms with E-state index in [2.05, 4.69) is 31.2 Å². The van der Waals surface area contributed by atoms with Crippen molar-refractivity contribution in [2.45, 2.75) is 6.92 Å². The van der Waals surface area contributed by atoms with E-state index in [9.17, 15) is 4.79 Å². The lowest BCUT2D eigenvalue weighted by atomic mass is 10.1. The van der Waals surface area contributed by atoms with Crippen molar-refractivity contribution in [3.8, 4) is 22.7 Å². The molecule has 0 aliphatic carbocycles. The highest BCUT2D eigenvalue weighted by Crippen LogP contribution is 2.25. The van der Waals surface area contributed by atoms with Crippen molar-refractivity contribution in [2.75, 3.05) is 7.11 Å². The Hall–Kier alpha value is -3.92. The minimum atomic E-state index is -0.0798. The molecule has 3 aromatic carbocycles. The van der Waals surface area contributed by atoms with Gasteiger partial charge < -0.3 is 4.74 Å². The van der Waals surface area contributed by atoms with Crippen LogP contribution in [0, 0.1) is 6.92 Å². The zero-order valence-electron chi connectivity index (χ0n) is 16.9. The van der Waals surface area contributed by atoms with Crippen molar-refractivity contribution >= 4 is 11.9 Å². The summed E-state index contributed by atoms with van der Waals surface area (Å²) < 4.78 is 7.05. The van der Waals surface area contributed by atoms with Gasteiger partial charge in [0.25, 0.3) is 0 Å². The second-order valence-corrected chi connectivity index (χ2v) is 6.99. The van der Waals surface area contributed by atoms with Gasteiger partial charge in [0.05, 0.1) is 24.2 Å². The summed E-state index contributed by atoms with van der Waals surface area (Å²) in [5.41, 5.74) is 5.53. The molecule has 4 nitrogen and oxygen atoms in total. The summed E-state index contributed by atoms with van der Waals surface area (Å²) in [4.78, 5) is 12.5. The third kappa shape index (κ3) is 4.23. The third-order valence-corrected chi connectivity index (χ3v) is 4.86. The normalized spacial score (nSPS) is 11.0. The molecule has 0 saturated heterocycles. The number of carbonyl (C=O) groups is 1. The van der Waals surface area contributed by atoms with Crippen molar-refractivity contribution in [2.24, 2.45) is 0 Å². The molecule has 148 valence electrons. The number of benzene rings is 3. The summed E-state index contributed by atoms with van der Waals surface area (Å²) in [6.07, 6.45) is 3.31. The van der Waals surface area contributed by atoms with Crippen LogP contribution in [0.15, 0.2) is 91.0 Å². The predicted octanol–water partition coefficient (Wildman–Crippen LogP) is 5.75. The first-order valence-electron chi connectivity index (χ1n) is 9.73. The van der Waals surface area contributed by atoms with E-state index in [1.54, 1.807) is 43.5 Å². The maximum atomic E-state index is 12.5. The van der Waals surface area contributed by atoms with E-state index in [-0.39, 0.29) is 5.78 Å². The van der Waals surface area contributed by atoms with Crippen molar-refractivity contribution < 1.29 is 9.53 Å². The molecule has 0 aliphatic rings. The standard InChI is InChI=1S/C26H22N2O2/c1-19-8-10-20(11-9-19)25-18-22(27-28(25)23-6-4-3-5-7-23)14-17-26(29)21-12-15-24(30-2)16-13-21/h3-18H,1-2H3/b17-14+. The van der Waals surface area contributed by atoms with Crippen LogP contribution in [0.2, 0.25) is 0 Å². The van der Waals surface area contributed by atoms with E-state index >= 15 is 0 Å². The quantitative estimate of drug-likeness (QED) is 0.309. The average Bonchev–Trinajstić information content (AvgIpc) is 3.23. The van der Waals surface area contributed by atoms with Gasteiger partial charge in [-0.15, -0.1) is 0 Å². The van der Waals surface area contributed by atoms with Crippen LogP contribution in [-0.2, 0) is 0 Å². The topological polar surface area (TPSA) is 44.1 Å². The molecule has 0 spiro atoms. The fraction of sp³-hybridized carbons (Fsp3) is 0.0769. The first-order chi connectivity index (χ1) is 14.6. The van der Waals surface area contributed by atoms with Crippen LogP contribution >= 0.6 is 0 Å². The molecule has 0 fully saturated rings. The van der Waals surface area contributed by atoms with Gasteiger partial charge in [0.1, 0.15) is 5.75 Å². The molecule has 0 radical (unpaired) electrons. The smallest absolute Gasteiger partial charge is 0.185 e. The molecule has 30 heavy (non-hydrogen) atoms. The molecule has 0 saturated carbocycles. The van der Waals surface area contributed by atoms with Crippen molar-refractivity contribution in [1.29, 1.82) is 0 Å². The lowest BCUT2D eigenvalue weighted by Crippen LogP contribution is -1.99. The number of ether oxygens (including phenoxy) is 1. The van der Waals surface area contributed by atoms with E-state index in [1.165, 1.54) is 5.56 Å². The molecule has 0 N–H and O–H groups in total. The fourth-order valence-electron chi connectivity index (χ4n) is 3.19. The van der Waals surface area contributed by atoms with E-state index in [1.807, 2.05) is 41.1 Å². The lowest BCUT2D eigenvalue weighted by molar-refractivity contribution is 0.104. The summed E-state index contributed by atoms with van der Waals surface area (Å²) in [6.45, 7) is 2.07. The van der Waals surface area contributed by atoms with Gasteiger partial charge in [-0.3, -0.25) is 4.79 Å². The number of nitrogens with zero attached hydrogens (tertiary/aromatic N) is 2. The monoisotopic (exact) mass is 394 g/mol. The van der Waals surface area contributed by atoms with Crippen molar-refractivity contribution in [1.82, 2.24) is 9.78 Å². The molecular formula is C26H22N2O2. The zero-order valence-corrected chi connectivity index (χ0v) is 16.9. The largest absolute Gasteiger partial charge is 0.497 e. The van der Waals surface area contributed by atoms with E-state index in [4.69, 9.17) is 9.84 Å². The highest BCUT2D eigenvalue weighted by Gasteiger charge is 2.11. The van der Waals surface area contributed by atoms with Crippen LogP contribution in [0.5, 0.6) is 5.75 Å². The van der Waals surface area contributed by atoms with E-state index in [0.717, 1.165) is 28.4 Å². The first kappa shape index (κ1) is 19.4. The second kappa shape index (κ2) is 8.62. The SMILES string of the molecule is COc1ccc(C(=O)/C=C/c2cc(-c3ccc(C)cc3)n(-c3ccccc3)n2)cc1. The van der Waals surface area contributed by atoms with Gasteiger partial charge in [-0.1, -0.05) is 48.0 Å². The number of aryl methyl sites for hydroxylation is 1. The van der Waals surface area contributed by atoms with Crippen LogP contribution in [0.3, 0.4) is 0 Å². The zero-order chi connectivity index (χ0) is 20.9. The molecule has 1 aromatic heterocycles. The van der Waals surface area contributed by atoms with Crippen LogP contribution < -0.4 is 4.74 Å². The van der Waals surface area contributed by atoms with Gasteiger partial charge in [0.2, 0.25) is 0 Å².